The summed E-state index contributed by atoms with van der Waals surface area (Å²) >= 11 is 0. The molecule has 0 aromatic carbocycles. The lowest BCUT2D eigenvalue weighted by Crippen LogP contribution is -2.45. The van der Waals surface area contributed by atoms with Gasteiger partial charge in [-0.2, -0.15) is 5.10 Å². The number of carbonyl (C=O) groups is 1. The van der Waals surface area contributed by atoms with Crippen LogP contribution in [0.5, 0.6) is 0 Å². The molecule has 2 saturated heterocycles. The van der Waals surface area contributed by atoms with E-state index in [0.29, 0.717) is 0 Å². The number of hydrogen-bond acceptors (Lipinski definition) is 4. The van der Waals surface area contributed by atoms with Crippen molar-refractivity contribution < 1.29 is 9.53 Å². The van der Waals surface area contributed by atoms with Gasteiger partial charge in [0.15, 0.2) is 0 Å². The summed E-state index contributed by atoms with van der Waals surface area (Å²) < 4.78 is 7.44. The molecule has 0 bridgehead atoms. The monoisotopic (exact) mass is 292 g/mol. The molecule has 3 rings (SSSR count). The number of hydrogen-bond donors (Lipinski definition) is 2. The molecule has 0 radical (unpaired) electrons. The van der Waals surface area contributed by atoms with Crippen molar-refractivity contribution >= 4 is 5.91 Å². The number of nitrogens with one attached hydrogen (secondary N) is 2. The summed E-state index contributed by atoms with van der Waals surface area (Å²) in [6.07, 6.45) is 6.16. The van der Waals surface area contributed by atoms with E-state index in [2.05, 4.69) is 15.7 Å². The van der Waals surface area contributed by atoms with Gasteiger partial charge in [-0.05, 0) is 25.3 Å². The number of aryl methyl sites for hydroxylation is 1. The minimum absolute atomic E-state index is 0.0296. The highest BCUT2D eigenvalue weighted by Crippen LogP contribution is 2.28. The van der Waals surface area contributed by atoms with E-state index in [9.17, 15) is 4.79 Å². The summed E-state index contributed by atoms with van der Waals surface area (Å²) in [6, 6.07) is 0.0788. The molecule has 6 nitrogen and oxygen atoms in total. The van der Waals surface area contributed by atoms with Crippen LogP contribution < -0.4 is 10.6 Å². The molecule has 1 aromatic heterocycles. The average molecular weight is 292 g/mol. The standard InChI is InChI=1S/C15H24N4O2/c1-10(14-4-3-5-21-14)18-15(20)13-8-16-7-12(13)11-6-17-19(2)9-11/h6,9-10,12-14,16H,3-5,7-8H2,1-2H3,(H,18,20)/t10?,12-,13+,14?/m1/s1. The van der Waals surface area contributed by atoms with Crippen LogP contribution in [0.3, 0.4) is 0 Å². The molecule has 2 unspecified atom stereocenters. The largest absolute Gasteiger partial charge is 0.376 e. The second-order valence-electron chi connectivity index (χ2n) is 6.17. The highest BCUT2D eigenvalue weighted by Gasteiger charge is 2.36. The fraction of sp³-hybridized carbons (Fsp3) is 0.733. The minimum Gasteiger partial charge on any atom is -0.376 e. The lowest BCUT2D eigenvalue weighted by Gasteiger charge is -2.23. The zero-order valence-corrected chi connectivity index (χ0v) is 12.7. The summed E-state index contributed by atoms with van der Waals surface area (Å²) in [5.74, 6) is 0.297. The Hall–Kier alpha value is -1.40. The molecule has 2 N–H and O–H groups in total. The summed E-state index contributed by atoms with van der Waals surface area (Å²) in [6.45, 7) is 4.41. The molecule has 1 amide bonds. The van der Waals surface area contributed by atoms with Crippen molar-refractivity contribution in [2.75, 3.05) is 19.7 Å². The Kier molecular flexibility index (Phi) is 4.26. The van der Waals surface area contributed by atoms with Gasteiger partial charge in [0, 0.05) is 38.9 Å². The molecule has 21 heavy (non-hydrogen) atoms. The highest BCUT2D eigenvalue weighted by atomic mass is 16.5. The summed E-state index contributed by atoms with van der Waals surface area (Å²) in [7, 11) is 1.90. The lowest BCUT2D eigenvalue weighted by molar-refractivity contribution is -0.126. The van der Waals surface area contributed by atoms with E-state index in [4.69, 9.17) is 4.74 Å². The molecule has 6 heteroatoms. The quantitative estimate of drug-likeness (QED) is 0.843. The van der Waals surface area contributed by atoms with Crippen LogP contribution in [0.4, 0.5) is 0 Å². The van der Waals surface area contributed by atoms with E-state index in [0.717, 1.165) is 38.1 Å². The van der Waals surface area contributed by atoms with Crippen LogP contribution in [0.2, 0.25) is 0 Å². The maximum absolute atomic E-state index is 12.6. The Morgan fingerprint density at radius 1 is 1.57 bits per heavy atom. The fourth-order valence-corrected chi connectivity index (χ4v) is 3.36. The Bertz CT molecular complexity index is 496. The van der Waals surface area contributed by atoms with Gasteiger partial charge in [-0.1, -0.05) is 0 Å². The third-order valence-electron chi connectivity index (χ3n) is 4.60. The summed E-state index contributed by atoms with van der Waals surface area (Å²) in [5.41, 5.74) is 1.13. The van der Waals surface area contributed by atoms with Gasteiger partial charge in [0.1, 0.15) is 0 Å². The molecule has 3 heterocycles. The SMILES string of the molecule is CC(NC(=O)[C@H]1CNC[C@@H]1c1cnn(C)c1)C1CCCO1. The third-order valence-corrected chi connectivity index (χ3v) is 4.60. The molecule has 2 fully saturated rings. The first-order valence-electron chi connectivity index (χ1n) is 7.76. The number of nitrogens with zero attached hydrogens (tertiary/aromatic N) is 2. The Labute approximate surface area is 125 Å². The zero-order valence-electron chi connectivity index (χ0n) is 12.7. The van der Waals surface area contributed by atoms with Gasteiger partial charge >= 0.3 is 0 Å². The highest BCUT2D eigenvalue weighted by molar-refractivity contribution is 5.80. The zero-order chi connectivity index (χ0) is 14.8. The van der Waals surface area contributed by atoms with Gasteiger partial charge < -0.3 is 15.4 Å². The number of amides is 1. The van der Waals surface area contributed by atoms with E-state index >= 15 is 0 Å². The van der Waals surface area contributed by atoms with Gasteiger partial charge in [-0.3, -0.25) is 9.48 Å². The van der Waals surface area contributed by atoms with E-state index in [1.54, 1.807) is 4.68 Å². The predicted molar refractivity (Wildman–Crippen MR) is 78.9 cm³/mol. The number of carbonyl (C=O) groups excluding carboxylic acids is 1. The maximum atomic E-state index is 12.6. The molecule has 0 spiro atoms. The summed E-state index contributed by atoms with van der Waals surface area (Å²) in [4.78, 5) is 12.6. The number of ether oxygens (including phenoxy) is 1. The van der Waals surface area contributed by atoms with Gasteiger partial charge in [0.2, 0.25) is 5.91 Å². The average Bonchev–Trinajstić information content (AvgIpc) is 3.19. The first-order valence-corrected chi connectivity index (χ1v) is 7.76. The topological polar surface area (TPSA) is 68.2 Å². The Morgan fingerprint density at radius 2 is 2.43 bits per heavy atom. The number of rotatable bonds is 4. The van der Waals surface area contributed by atoms with Crippen LogP contribution in [-0.2, 0) is 16.6 Å². The second-order valence-corrected chi connectivity index (χ2v) is 6.17. The maximum Gasteiger partial charge on any atom is 0.225 e. The van der Waals surface area contributed by atoms with Crippen molar-refractivity contribution in [1.82, 2.24) is 20.4 Å². The van der Waals surface area contributed by atoms with Crippen molar-refractivity contribution in [3.05, 3.63) is 18.0 Å². The van der Waals surface area contributed by atoms with Gasteiger partial charge in [0.05, 0.1) is 24.3 Å². The molecular weight excluding hydrogens is 268 g/mol. The molecule has 1 aromatic rings. The van der Waals surface area contributed by atoms with Crippen LogP contribution in [0.15, 0.2) is 12.4 Å². The van der Waals surface area contributed by atoms with E-state index in [1.165, 1.54) is 0 Å². The third kappa shape index (κ3) is 3.11. The molecule has 0 aliphatic carbocycles. The van der Waals surface area contributed by atoms with Crippen LogP contribution in [0.1, 0.15) is 31.2 Å². The van der Waals surface area contributed by atoms with Gasteiger partial charge in [-0.25, -0.2) is 0 Å². The fourth-order valence-electron chi connectivity index (χ4n) is 3.36. The first-order chi connectivity index (χ1) is 10.1. The van der Waals surface area contributed by atoms with Crippen LogP contribution in [-0.4, -0.2) is 47.5 Å². The van der Waals surface area contributed by atoms with Crippen molar-refractivity contribution in [3.8, 4) is 0 Å². The predicted octanol–water partition coefficient (Wildman–Crippen LogP) is 0.407. The molecule has 2 aliphatic rings. The van der Waals surface area contributed by atoms with Crippen molar-refractivity contribution in [3.63, 3.8) is 0 Å². The van der Waals surface area contributed by atoms with Gasteiger partial charge in [0.25, 0.3) is 0 Å². The minimum atomic E-state index is -0.0296. The smallest absolute Gasteiger partial charge is 0.225 e. The molecule has 2 aliphatic heterocycles. The van der Waals surface area contributed by atoms with Crippen molar-refractivity contribution in [2.24, 2.45) is 13.0 Å². The van der Waals surface area contributed by atoms with Crippen molar-refractivity contribution in [2.45, 2.75) is 37.8 Å². The first kappa shape index (κ1) is 14.5. The van der Waals surface area contributed by atoms with E-state index < -0.39 is 0 Å². The molecular formula is C15H24N4O2. The van der Waals surface area contributed by atoms with E-state index in [-0.39, 0.29) is 29.9 Å². The Morgan fingerprint density at radius 3 is 3.10 bits per heavy atom. The van der Waals surface area contributed by atoms with E-state index in [1.807, 2.05) is 26.4 Å². The lowest BCUT2D eigenvalue weighted by atomic mass is 9.90. The van der Waals surface area contributed by atoms with Crippen LogP contribution >= 0.6 is 0 Å². The molecule has 116 valence electrons. The Balaban J connectivity index is 1.63. The molecule has 0 saturated carbocycles. The normalized spacial score (nSPS) is 30.5. The molecule has 4 atom stereocenters. The van der Waals surface area contributed by atoms with Crippen LogP contribution in [0, 0.1) is 5.92 Å². The van der Waals surface area contributed by atoms with Crippen LogP contribution in [0.25, 0.3) is 0 Å². The van der Waals surface area contributed by atoms with Crippen molar-refractivity contribution in [1.29, 1.82) is 0 Å². The van der Waals surface area contributed by atoms with Gasteiger partial charge in [-0.15, -0.1) is 0 Å². The summed E-state index contributed by atoms with van der Waals surface area (Å²) in [5, 5.41) is 10.7. The number of aromatic nitrogens is 2. The second kappa shape index (κ2) is 6.15.